The van der Waals surface area contributed by atoms with E-state index in [1.54, 1.807) is 41.8 Å². The van der Waals surface area contributed by atoms with E-state index in [-0.39, 0.29) is 17.3 Å². The smallest absolute Gasteiger partial charge is 0.244 e. The van der Waals surface area contributed by atoms with Crippen molar-refractivity contribution in [2.75, 3.05) is 20.2 Å². The number of piperidine rings is 1. The maximum Gasteiger partial charge on any atom is 0.244 e. The minimum Gasteiger partial charge on any atom is -0.497 e. The van der Waals surface area contributed by atoms with Gasteiger partial charge in [-0.25, -0.2) is 8.42 Å². The molecule has 2 aromatic carbocycles. The van der Waals surface area contributed by atoms with E-state index in [9.17, 15) is 13.2 Å². The van der Waals surface area contributed by atoms with Crippen molar-refractivity contribution in [1.82, 2.24) is 9.62 Å². The monoisotopic (exact) mass is 414 g/mol. The fourth-order valence-electron chi connectivity index (χ4n) is 3.30. The largest absolute Gasteiger partial charge is 0.497 e. The van der Waals surface area contributed by atoms with E-state index in [1.165, 1.54) is 6.08 Å². The van der Waals surface area contributed by atoms with Crippen molar-refractivity contribution in [1.29, 1.82) is 0 Å². The van der Waals surface area contributed by atoms with Crippen molar-refractivity contribution in [3.63, 3.8) is 0 Å². The maximum atomic E-state index is 13.0. The van der Waals surface area contributed by atoms with E-state index < -0.39 is 10.0 Å². The van der Waals surface area contributed by atoms with Gasteiger partial charge in [0, 0.05) is 25.7 Å². The summed E-state index contributed by atoms with van der Waals surface area (Å²) in [4.78, 5) is 12.5. The van der Waals surface area contributed by atoms with Gasteiger partial charge in [0.05, 0.1) is 12.0 Å². The number of benzene rings is 2. The van der Waals surface area contributed by atoms with Gasteiger partial charge in [-0.2, -0.15) is 4.31 Å². The Morgan fingerprint density at radius 2 is 1.86 bits per heavy atom. The Kier molecular flexibility index (Phi) is 7.06. The van der Waals surface area contributed by atoms with E-state index in [0.717, 1.165) is 24.8 Å². The van der Waals surface area contributed by atoms with Crippen molar-refractivity contribution in [3.8, 4) is 5.75 Å². The summed E-state index contributed by atoms with van der Waals surface area (Å²) in [5, 5.41) is 2.77. The minimum absolute atomic E-state index is 0.143. The highest BCUT2D eigenvalue weighted by molar-refractivity contribution is 7.89. The van der Waals surface area contributed by atoms with Gasteiger partial charge in [0.1, 0.15) is 5.75 Å². The lowest BCUT2D eigenvalue weighted by atomic mass is 10.2. The minimum atomic E-state index is -3.55. The lowest BCUT2D eigenvalue weighted by Gasteiger charge is -2.26. The molecular weight excluding hydrogens is 388 g/mol. The number of rotatable bonds is 7. The van der Waals surface area contributed by atoms with Gasteiger partial charge in [0.15, 0.2) is 0 Å². The Labute approximate surface area is 172 Å². The topological polar surface area (TPSA) is 75.7 Å². The van der Waals surface area contributed by atoms with Crippen LogP contribution in [0, 0.1) is 0 Å². The summed E-state index contributed by atoms with van der Waals surface area (Å²) < 4.78 is 32.7. The first kappa shape index (κ1) is 21.1. The van der Waals surface area contributed by atoms with Crippen LogP contribution in [-0.2, 0) is 21.4 Å². The summed E-state index contributed by atoms with van der Waals surface area (Å²) in [7, 11) is -1.97. The molecule has 7 heteroatoms. The van der Waals surface area contributed by atoms with Crippen LogP contribution in [0.2, 0.25) is 0 Å². The van der Waals surface area contributed by atoms with Crippen LogP contribution in [0.25, 0.3) is 6.08 Å². The second kappa shape index (κ2) is 9.71. The number of hydrogen-bond acceptors (Lipinski definition) is 4. The van der Waals surface area contributed by atoms with Crippen LogP contribution in [0.3, 0.4) is 0 Å². The number of nitrogens with zero attached hydrogens (tertiary/aromatic N) is 1. The number of sulfonamides is 1. The number of ether oxygens (including phenoxy) is 1. The predicted molar refractivity (Wildman–Crippen MR) is 113 cm³/mol. The number of amides is 1. The van der Waals surface area contributed by atoms with Gasteiger partial charge in [-0.1, -0.05) is 36.8 Å². The molecule has 0 unspecified atom stereocenters. The van der Waals surface area contributed by atoms with E-state index in [1.807, 2.05) is 24.3 Å². The quantitative estimate of drug-likeness (QED) is 0.706. The highest BCUT2D eigenvalue weighted by Crippen LogP contribution is 2.23. The first-order valence-corrected chi connectivity index (χ1v) is 11.1. The van der Waals surface area contributed by atoms with E-state index in [2.05, 4.69) is 5.32 Å². The Bertz CT molecular complexity index is 980. The number of methoxy groups -OCH3 is 1. The Hall–Kier alpha value is -2.64. The summed E-state index contributed by atoms with van der Waals surface area (Å²) in [6, 6.07) is 14.2. The van der Waals surface area contributed by atoms with Gasteiger partial charge in [-0.3, -0.25) is 4.79 Å². The molecular formula is C22H26N2O4S. The standard InChI is InChI=1S/C22H26N2O4S/c1-28-20-10-7-8-18(16-20)12-13-22(25)23-17-19-9-3-4-11-21(19)29(26,27)24-14-5-2-6-15-24/h3-4,7-13,16H,2,5-6,14-15,17H2,1H3,(H,23,25)/b13-12+. The summed E-state index contributed by atoms with van der Waals surface area (Å²) in [5.41, 5.74) is 1.42. The molecule has 0 bridgehead atoms. The second-order valence-corrected chi connectivity index (χ2v) is 8.81. The molecule has 1 aliphatic rings. The zero-order chi connectivity index (χ0) is 20.7. The molecule has 1 aliphatic heterocycles. The van der Waals surface area contributed by atoms with Crippen LogP contribution in [0.1, 0.15) is 30.4 Å². The highest BCUT2D eigenvalue weighted by Gasteiger charge is 2.27. The number of carbonyl (C=O) groups is 1. The van der Waals surface area contributed by atoms with E-state index in [4.69, 9.17) is 4.74 Å². The maximum absolute atomic E-state index is 13.0. The molecule has 1 amide bonds. The van der Waals surface area contributed by atoms with Crippen LogP contribution in [0.4, 0.5) is 0 Å². The normalized spacial score (nSPS) is 15.3. The molecule has 0 spiro atoms. The summed E-state index contributed by atoms with van der Waals surface area (Å²) in [6.07, 6.45) is 5.94. The van der Waals surface area contributed by atoms with Crippen molar-refractivity contribution in [3.05, 3.63) is 65.7 Å². The third kappa shape index (κ3) is 5.46. The average Bonchev–Trinajstić information content (AvgIpc) is 2.77. The fraction of sp³-hybridized carbons (Fsp3) is 0.318. The van der Waals surface area contributed by atoms with Crippen LogP contribution < -0.4 is 10.1 Å². The second-order valence-electron chi connectivity index (χ2n) is 6.90. The number of carbonyl (C=O) groups excluding carboxylic acids is 1. The van der Waals surface area contributed by atoms with Gasteiger partial charge in [-0.15, -0.1) is 0 Å². The molecule has 0 saturated carbocycles. The molecule has 1 fully saturated rings. The average molecular weight is 415 g/mol. The van der Waals surface area contributed by atoms with Gasteiger partial charge in [0.2, 0.25) is 15.9 Å². The van der Waals surface area contributed by atoms with Crippen LogP contribution >= 0.6 is 0 Å². The molecule has 6 nitrogen and oxygen atoms in total. The van der Waals surface area contributed by atoms with Crippen LogP contribution in [0.5, 0.6) is 5.75 Å². The molecule has 1 saturated heterocycles. The Morgan fingerprint density at radius 3 is 2.62 bits per heavy atom. The van der Waals surface area contributed by atoms with E-state index in [0.29, 0.717) is 24.4 Å². The Morgan fingerprint density at radius 1 is 1.10 bits per heavy atom. The molecule has 2 aromatic rings. The number of nitrogens with one attached hydrogen (secondary N) is 1. The lowest BCUT2D eigenvalue weighted by molar-refractivity contribution is -0.116. The molecule has 154 valence electrons. The SMILES string of the molecule is COc1cccc(/C=C/C(=O)NCc2ccccc2S(=O)(=O)N2CCCCC2)c1. The Balaban J connectivity index is 1.68. The van der Waals surface area contributed by atoms with Crippen molar-refractivity contribution in [2.45, 2.75) is 30.7 Å². The van der Waals surface area contributed by atoms with Crippen molar-refractivity contribution >= 4 is 22.0 Å². The summed E-state index contributed by atoms with van der Waals surface area (Å²) in [6.45, 7) is 1.24. The molecule has 0 atom stereocenters. The molecule has 1 heterocycles. The van der Waals surface area contributed by atoms with Gasteiger partial charge in [-0.05, 0) is 48.2 Å². The molecule has 1 N–H and O–H groups in total. The molecule has 29 heavy (non-hydrogen) atoms. The van der Waals surface area contributed by atoms with Crippen LogP contribution in [0.15, 0.2) is 59.5 Å². The van der Waals surface area contributed by atoms with Crippen molar-refractivity contribution < 1.29 is 17.9 Å². The summed E-state index contributed by atoms with van der Waals surface area (Å²) in [5.74, 6) is 0.419. The molecule has 0 aliphatic carbocycles. The number of hydrogen-bond donors (Lipinski definition) is 1. The first-order valence-electron chi connectivity index (χ1n) is 9.69. The third-order valence-electron chi connectivity index (χ3n) is 4.88. The zero-order valence-electron chi connectivity index (χ0n) is 16.5. The third-order valence-corrected chi connectivity index (χ3v) is 6.88. The molecule has 3 rings (SSSR count). The molecule has 0 radical (unpaired) electrons. The lowest BCUT2D eigenvalue weighted by Crippen LogP contribution is -2.36. The van der Waals surface area contributed by atoms with Gasteiger partial charge < -0.3 is 10.1 Å². The predicted octanol–water partition coefficient (Wildman–Crippen LogP) is 3.20. The highest BCUT2D eigenvalue weighted by atomic mass is 32.2. The zero-order valence-corrected chi connectivity index (χ0v) is 17.3. The fourth-order valence-corrected chi connectivity index (χ4v) is 5.04. The first-order chi connectivity index (χ1) is 14.0. The van der Waals surface area contributed by atoms with Gasteiger partial charge >= 0.3 is 0 Å². The van der Waals surface area contributed by atoms with Gasteiger partial charge in [0.25, 0.3) is 0 Å². The summed E-state index contributed by atoms with van der Waals surface area (Å²) >= 11 is 0. The van der Waals surface area contributed by atoms with Crippen LogP contribution in [-0.4, -0.2) is 38.8 Å². The molecule has 0 aromatic heterocycles. The van der Waals surface area contributed by atoms with E-state index >= 15 is 0 Å². The van der Waals surface area contributed by atoms with Crippen molar-refractivity contribution in [2.24, 2.45) is 0 Å².